The van der Waals surface area contributed by atoms with Crippen LogP contribution < -0.4 is 0 Å². The first-order chi connectivity index (χ1) is 6.59. The number of hydrogen-bond acceptors (Lipinski definition) is 2. The summed E-state index contributed by atoms with van der Waals surface area (Å²) in [7, 11) is 3.66. The van der Waals surface area contributed by atoms with Gasteiger partial charge in [-0.25, -0.2) is 4.39 Å². The minimum Gasteiger partial charge on any atom is -0.378 e. The Morgan fingerprint density at radius 1 is 1.29 bits per heavy atom. The number of rotatable bonds is 4. The first-order valence-corrected chi connectivity index (χ1v) is 4.68. The van der Waals surface area contributed by atoms with Crippen LogP contribution >= 0.6 is 0 Å². The molecule has 1 aromatic carbocycles. The number of aliphatic hydroxyl groups is 1. The fourth-order valence-corrected chi connectivity index (χ4v) is 1.21. The van der Waals surface area contributed by atoms with Gasteiger partial charge in [-0.2, -0.15) is 0 Å². The predicted octanol–water partition coefficient (Wildman–Crippen LogP) is 1.64. The van der Waals surface area contributed by atoms with Crippen LogP contribution in [0.15, 0.2) is 24.3 Å². The molecule has 0 fully saturated rings. The molecule has 0 aromatic heterocycles. The summed E-state index contributed by atoms with van der Waals surface area (Å²) in [6.07, 6.45) is 0.998. The minimum absolute atomic E-state index is 0.220. The fourth-order valence-electron chi connectivity index (χ4n) is 1.21. The lowest BCUT2D eigenvalue weighted by Gasteiger charge is -2.17. The van der Waals surface area contributed by atoms with Crippen molar-refractivity contribution in [2.45, 2.75) is 19.1 Å². The number of nitrogens with zero attached hydrogens (tertiary/aromatic N) is 1. The van der Waals surface area contributed by atoms with Crippen molar-refractivity contribution >= 4 is 0 Å². The molecule has 1 rings (SSSR count). The molecule has 0 aliphatic rings. The van der Waals surface area contributed by atoms with E-state index < -0.39 is 6.23 Å². The van der Waals surface area contributed by atoms with Gasteiger partial charge >= 0.3 is 0 Å². The van der Waals surface area contributed by atoms with Gasteiger partial charge in [0.05, 0.1) is 0 Å². The van der Waals surface area contributed by atoms with Gasteiger partial charge in [0.1, 0.15) is 12.0 Å². The molecule has 0 heterocycles. The van der Waals surface area contributed by atoms with Crippen molar-refractivity contribution in [1.82, 2.24) is 4.90 Å². The standard InChI is InChI=1S/C11H16FNO/c1-13(2)11(14)8-5-9-3-6-10(12)7-4-9/h3-4,6-7,11,14H,5,8H2,1-2H3. The Labute approximate surface area is 84.0 Å². The second-order valence-electron chi connectivity index (χ2n) is 3.61. The average molecular weight is 197 g/mol. The molecule has 1 atom stereocenters. The normalized spacial score (nSPS) is 13.2. The highest BCUT2D eigenvalue weighted by Gasteiger charge is 2.05. The van der Waals surface area contributed by atoms with Crippen molar-refractivity contribution in [3.63, 3.8) is 0 Å². The maximum atomic E-state index is 12.6. The number of aliphatic hydroxyl groups excluding tert-OH is 1. The summed E-state index contributed by atoms with van der Waals surface area (Å²) < 4.78 is 12.6. The molecule has 0 spiro atoms. The Bertz CT molecular complexity index is 271. The number of aryl methyl sites for hydroxylation is 1. The van der Waals surface area contributed by atoms with Gasteiger partial charge in [-0.05, 0) is 44.6 Å². The summed E-state index contributed by atoms with van der Waals surface area (Å²) >= 11 is 0. The van der Waals surface area contributed by atoms with Crippen LogP contribution in [0.25, 0.3) is 0 Å². The molecule has 1 N–H and O–H groups in total. The van der Waals surface area contributed by atoms with E-state index in [9.17, 15) is 9.50 Å². The van der Waals surface area contributed by atoms with Crippen molar-refractivity contribution < 1.29 is 9.50 Å². The highest BCUT2D eigenvalue weighted by molar-refractivity contribution is 5.16. The van der Waals surface area contributed by atoms with Gasteiger partial charge in [0.2, 0.25) is 0 Å². The highest BCUT2D eigenvalue weighted by atomic mass is 19.1. The van der Waals surface area contributed by atoms with Crippen molar-refractivity contribution in [2.24, 2.45) is 0 Å². The van der Waals surface area contributed by atoms with Crippen molar-refractivity contribution in [3.8, 4) is 0 Å². The predicted molar refractivity (Wildman–Crippen MR) is 54.4 cm³/mol. The van der Waals surface area contributed by atoms with E-state index in [1.807, 2.05) is 14.1 Å². The van der Waals surface area contributed by atoms with Crippen LogP contribution in [-0.4, -0.2) is 30.3 Å². The third-order valence-electron chi connectivity index (χ3n) is 2.20. The maximum absolute atomic E-state index is 12.6. The monoisotopic (exact) mass is 197 g/mol. The summed E-state index contributed by atoms with van der Waals surface area (Å²) in [6.45, 7) is 0. The lowest BCUT2D eigenvalue weighted by Crippen LogP contribution is -2.27. The smallest absolute Gasteiger partial charge is 0.123 e. The first kappa shape index (κ1) is 11.1. The number of halogens is 1. The summed E-state index contributed by atoms with van der Waals surface area (Å²) in [4.78, 5) is 1.75. The van der Waals surface area contributed by atoms with E-state index in [0.29, 0.717) is 6.42 Å². The first-order valence-electron chi connectivity index (χ1n) is 4.68. The summed E-state index contributed by atoms with van der Waals surface area (Å²) in [5, 5.41) is 9.49. The minimum atomic E-state index is -0.431. The summed E-state index contributed by atoms with van der Waals surface area (Å²) in [6, 6.07) is 6.38. The lowest BCUT2D eigenvalue weighted by molar-refractivity contribution is 0.0338. The number of hydrogen-bond donors (Lipinski definition) is 1. The third-order valence-corrected chi connectivity index (χ3v) is 2.20. The molecule has 0 aliphatic heterocycles. The molecule has 0 saturated carbocycles. The van der Waals surface area contributed by atoms with Gasteiger partial charge in [0, 0.05) is 0 Å². The second-order valence-corrected chi connectivity index (χ2v) is 3.61. The Morgan fingerprint density at radius 2 is 1.86 bits per heavy atom. The van der Waals surface area contributed by atoms with E-state index in [-0.39, 0.29) is 5.82 Å². The molecule has 0 radical (unpaired) electrons. The zero-order valence-electron chi connectivity index (χ0n) is 8.57. The largest absolute Gasteiger partial charge is 0.378 e. The molecule has 14 heavy (non-hydrogen) atoms. The Morgan fingerprint density at radius 3 is 2.36 bits per heavy atom. The van der Waals surface area contributed by atoms with E-state index in [1.165, 1.54) is 12.1 Å². The lowest BCUT2D eigenvalue weighted by atomic mass is 10.1. The van der Waals surface area contributed by atoms with E-state index in [1.54, 1.807) is 17.0 Å². The van der Waals surface area contributed by atoms with Crippen LogP contribution in [-0.2, 0) is 6.42 Å². The molecule has 0 aliphatic carbocycles. The van der Waals surface area contributed by atoms with E-state index >= 15 is 0 Å². The molecular formula is C11H16FNO. The molecule has 3 heteroatoms. The molecular weight excluding hydrogens is 181 g/mol. The van der Waals surface area contributed by atoms with E-state index in [4.69, 9.17) is 0 Å². The molecule has 0 saturated heterocycles. The Hall–Kier alpha value is -0.930. The molecule has 2 nitrogen and oxygen atoms in total. The summed E-state index contributed by atoms with van der Waals surface area (Å²) in [5.74, 6) is -0.220. The van der Waals surface area contributed by atoms with Crippen LogP contribution in [0.4, 0.5) is 4.39 Å². The highest BCUT2D eigenvalue weighted by Crippen LogP contribution is 2.07. The molecule has 1 unspecified atom stereocenters. The van der Waals surface area contributed by atoms with Crippen LogP contribution in [0, 0.1) is 5.82 Å². The second kappa shape index (κ2) is 5.08. The fraction of sp³-hybridized carbons (Fsp3) is 0.455. The zero-order chi connectivity index (χ0) is 10.6. The number of benzene rings is 1. The van der Waals surface area contributed by atoms with Gasteiger partial charge < -0.3 is 5.11 Å². The Kier molecular flexibility index (Phi) is 4.04. The van der Waals surface area contributed by atoms with Crippen LogP contribution in [0.1, 0.15) is 12.0 Å². The SMILES string of the molecule is CN(C)C(O)CCc1ccc(F)cc1. The molecule has 0 bridgehead atoms. The maximum Gasteiger partial charge on any atom is 0.123 e. The zero-order valence-corrected chi connectivity index (χ0v) is 8.57. The quantitative estimate of drug-likeness (QED) is 0.742. The van der Waals surface area contributed by atoms with Crippen molar-refractivity contribution in [2.75, 3.05) is 14.1 Å². The van der Waals surface area contributed by atoms with Crippen LogP contribution in [0.3, 0.4) is 0 Å². The third kappa shape index (κ3) is 3.44. The van der Waals surface area contributed by atoms with Crippen LogP contribution in [0.5, 0.6) is 0 Å². The van der Waals surface area contributed by atoms with Crippen LogP contribution in [0.2, 0.25) is 0 Å². The van der Waals surface area contributed by atoms with Gasteiger partial charge in [0.15, 0.2) is 0 Å². The van der Waals surface area contributed by atoms with Crippen molar-refractivity contribution in [3.05, 3.63) is 35.6 Å². The van der Waals surface area contributed by atoms with Gasteiger partial charge in [0.25, 0.3) is 0 Å². The van der Waals surface area contributed by atoms with Gasteiger partial charge in [-0.15, -0.1) is 0 Å². The topological polar surface area (TPSA) is 23.5 Å². The molecule has 78 valence electrons. The summed E-state index contributed by atoms with van der Waals surface area (Å²) in [5.41, 5.74) is 1.05. The van der Waals surface area contributed by atoms with E-state index in [0.717, 1.165) is 12.0 Å². The Balaban J connectivity index is 2.42. The van der Waals surface area contributed by atoms with Gasteiger partial charge in [-0.1, -0.05) is 12.1 Å². The molecule has 1 aromatic rings. The van der Waals surface area contributed by atoms with E-state index in [2.05, 4.69) is 0 Å². The van der Waals surface area contributed by atoms with Gasteiger partial charge in [-0.3, -0.25) is 4.90 Å². The average Bonchev–Trinajstić information content (AvgIpc) is 2.16. The van der Waals surface area contributed by atoms with Crippen molar-refractivity contribution in [1.29, 1.82) is 0 Å². The molecule has 0 amide bonds.